The molecule has 0 aromatic rings. The van der Waals surface area contributed by atoms with Crippen molar-refractivity contribution in [1.29, 1.82) is 5.26 Å². The van der Waals surface area contributed by atoms with Gasteiger partial charge in [0, 0.05) is 38.5 Å². The number of aliphatic hydroxyl groups is 1. The molecule has 2 rings (SSSR count). The van der Waals surface area contributed by atoms with E-state index in [1.54, 1.807) is 6.08 Å². The van der Waals surface area contributed by atoms with E-state index in [1.165, 1.54) is 20.0 Å². The molecule has 0 aliphatic carbocycles. The summed E-state index contributed by atoms with van der Waals surface area (Å²) < 4.78 is 44.0. The van der Waals surface area contributed by atoms with Crippen molar-refractivity contribution < 1.29 is 32.7 Å². The van der Waals surface area contributed by atoms with Crippen molar-refractivity contribution in [3.8, 4) is 6.07 Å². The lowest BCUT2D eigenvalue weighted by molar-refractivity contribution is -0.145. The zero-order valence-electron chi connectivity index (χ0n) is 20.3. The van der Waals surface area contributed by atoms with E-state index in [4.69, 9.17) is 28.3 Å². The van der Waals surface area contributed by atoms with Crippen LogP contribution in [0.4, 0.5) is 0 Å². The summed E-state index contributed by atoms with van der Waals surface area (Å²) in [5, 5.41) is 19.3. The van der Waals surface area contributed by atoms with Gasteiger partial charge >= 0.3 is 7.60 Å². The number of aliphatic hydroxyl groups excluding tert-OH is 1. The van der Waals surface area contributed by atoms with Gasteiger partial charge in [-0.15, -0.1) is 0 Å². The van der Waals surface area contributed by atoms with Crippen LogP contribution in [0.2, 0.25) is 0 Å². The molecular formula is C20H37BN2O7P2. The van der Waals surface area contributed by atoms with E-state index >= 15 is 0 Å². The summed E-state index contributed by atoms with van der Waals surface area (Å²) in [6.07, 6.45) is 0.606. The Hall–Kier alpha value is -0.325. The van der Waals surface area contributed by atoms with Gasteiger partial charge < -0.3 is 28.2 Å². The Morgan fingerprint density at radius 1 is 1.31 bits per heavy atom. The van der Waals surface area contributed by atoms with Crippen LogP contribution in [-0.2, 0) is 27.6 Å². The molecule has 2 fully saturated rings. The summed E-state index contributed by atoms with van der Waals surface area (Å²) >= 11 is 0. The first-order valence-corrected chi connectivity index (χ1v) is 13.7. The van der Waals surface area contributed by atoms with Gasteiger partial charge in [-0.25, -0.2) is 0 Å². The highest BCUT2D eigenvalue weighted by atomic mass is 31.2. The first-order valence-electron chi connectivity index (χ1n) is 10.9. The molecule has 182 valence electrons. The maximum Gasteiger partial charge on any atom is 0.353 e. The molecule has 2 bridgehead atoms. The second-order valence-electron chi connectivity index (χ2n) is 8.96. The van der Waals surface area contributed by atoms with Gasteiger partial charge in [0.15, 0.2) is 0 Å². The van der Waals surface area contributed by atoms with Crippen LogP contribution in [0.25, 0.3) is 0 Å². The van der Waals surface area contributed by atoms with Gasteiger partial charge in [0.05, 0.1) is 25.1 Å². The zero-order chi connectivity index (χ0) is 24.3. The van der Waals surface area contributed by atoms with E-state index in [9.17, 15) is 9.67 Å². The van der Waals surface area contributed by atoms with Crippen LogP contribution in [0.15, 0.2) is 11.9 Å². The van der Waals surface area contributed by atoms with Gasteiger partial charge in [-0.2, -0.15) is 5.26 Å². The molecule has 1 N–H and O–H groups in total. The molecule has 2 aliphatic heterocycles. The number of hydrogen-bond donors (Lipinski definition) is 1. The Morgan fingerprint density at radius 2 is 1.91 bits per heavy atom. The largest absolute Gasteiger partial charge is 0.387 e. The minimum absolute atomic E-state index is 0.167. The Labute approximate surface area is 194 Å². The fourth-order valence-electron chi connectivity index (χ4n) is 4.54. The molecule has 2 saturated heterocycles. The molecule has 32 heavy (non-hydrogen) atoms. The normalized spacial score (nSPS) is 34.0. The van der Waals surface area contributed by atoms with E-state index in [2.05, 4.69) is 38.4 Å². The van der Waals surface area contributed by atoms with Gasteiger partial charge in [-0.05, 0) is 40.7 Å². The number of nitrogens with zero attached hydrogens (tertiary/aromatic N) is 2. The quantitative estimate of drug-likeness (QED) is 0.266. The highest BCUT2D eigenvalue weighted by molar-refractivity contribution is 7.57. The van der Waals surface area contributed by atoms with Crippen molar-refractivity contribution in [3.63, 3.8) is 0 Å². The lowest BCUT2D eigenvalue weighted by Crippen LogP contribution is -2.57. The van der Waals surface area contributed by atoms with Crippen molar-refractivity contribution in [2.24, 2.45) is 0 Å². The molecule has 2 aliphatic rings. The SMILES string of the molecule is B[C@@H]1O[C@@]2(/C=C/P(=O)(OC)OC)C[C@](C)(P(OCCC#N)N(C(C)C)C(C)C)O[C@@H]1[C@@H]2O. The minimum Gasteiger partial charge on any atom is -0.387 e. The lowest BCUT2D eigenvalue weighted by atomic mass is 9.83. The minimum atomic E-state index is -3.45. The third-order valence-corrected chi connectivity index (χ3v) is 10.2. The van der Waals surface area contributed by atoms with Crippen LogP contribution in [0.5, 0.6) is 0 Å². The van der Waals surface area contributed by atoms with Crippen molar-refractivity contribution in [1.82, 2.24) is 4.67 Å². The highest BCUT2D eigenvalue weighted by Gasteiger charge is 2.64. The molecular weight excluding hydrogens is 453 g/mol. The van der Waals surface area contributed by atoms with Crippen molar-refractivity contribution in [2.45, 2.75) is 88.7 Å². The number of fused-ring (bicyclic) bond motifs is 2. The third kappa shape index (κ3) is 5.66. The number of ether oxygens (including phenoxy) is 2. The average molecular weight is 490 g/mol. The molecule has 9 nitrogen and oxygen atoms in total. The van der Waals surface area contributed by atoms with Gasteiger partial charge in [0.2, 0.25) is 0 Å². The summed E-state index contributed by atoms with van der Waals surface area (Å²) in [7, 11) is -0.327. The molecule has 12 heteroatoms. The standard InChI is InChI=1S/C20H37BN2O7P2/c1-14(2)23(15(3)4)31(28-11-8-10-22)19(5)13-20(9-12-32(25,26-6)27-7)17(24)16(29-19)18(21)30-20/h9,12,14-18,24H,8,11,13,21H2,1-7H3/b12-9+/t16-,17+,18-,19+,20+,31?/m1/s1. The summed E-state index contributed by atoms with van der Waals surface area (Å²) in [5.41, 5.74) is -1.14. The van der Waals surface area contributed by atoms with E-state index in [0.29, 0.717) is 0 Å². The summed E-state index contributed by atoms with van der Waals surface area (Å²) in [6.45, 7) is 10.6. The first-order chi connectivity index (χ1) is 14.9. The van der Waals surface area contributed by atoms with Crippen LogP contribution in [0, 0.1) is 11.3 Å². The molecule has 0 radical (unpaired) electrons. The van der Waals surface area contributed by atoms with E-state index in [-0.39, 0.29) is 37.5 Å². The summed E-state index contributed by atoms with van der Waals surface area (Å²) in [5.74, 6) is 1.35. The fraction of sp³-hybridized carbons (Fsp3) is 0.850. The summed E-state index contributed by atoms with van der Waals surface area (Å²) in [4.78, 5) is 0. The molecule has 0 saturated carbocycles. The third-order valence-electron chi connectivity index (χ3n) is 5.82. The first kappa shape index (κ1) is 27.9. The molecule has 1 unspecified atom stereocenters. The van der Waals surface area contributed by atoms with Crippen LogP contribution < -0.4 is 0 Å². The number of nitriles is 1. The van der Waals surface area contributed by atoms with Crippen LogP contribution >= 0.6 is 15.9 Å². The summed E-state index contributed by atoms with van der Waals surface area (Å²) in [6, 6.07) is 2.08. The molecule has 0 aromatic heterocycles. The fourth-order valence-corrected chi connectivity index (χ4v) is 7.96. The smallest absolute Gasteiger partial charge is 0.353 e. The van der Waals surface area contributed by atoms with Crippen LogP contribution in [-0.4, -0.2) is 79.7 Å². The van der Waals surface area contributed by atoms with E-state index in [0.717, 1.165) is 0 Å². The maximum atomic E-state index is 12.7. The Morgan fingerprint density at radius 3 is 2.41 bits per heavy atom. The van der Waals surface area contributed by atoms with Crippen LogP contribution in [0.1, 0.15) is 47.5 Å². The second kappa shape index (κ2) is 10.9. The predicted octanol–water partition coefficient (Wildman–Crippen LogP) is 2.94. The number of rotatable bonds is 11. The zero-order valence-corrected chi connectivity index (χ0v) is 22.1. The second-order valence-corrected chi connectivity index (χ2v) is 13.3. The lowest BCUT2D eigenvalue weighted by Gasteiger charge is -2.51. The monoisotopic (exact) mass is 490 g/mol. The molecule has 6 atom stereocenters. The van der Waals surface area contributed by atoms with Gasteiger partial charge in [0.25, 0.3) is 0 Å². The molecule has 0 aromatic carbocycles. The van der Waals surface area contributed by atoms with Gasteiger partial charge in [-0.3, -0.25) is 9.24 Å². The topological polar surface area (TPSA) is 110 Å². The Kier molecular flexibility index (Phi) is 9.55. The Balaban J connectivity index is 2.50. The number of hydrogen-bond acceptors (Lipinski definition) is 9. The van der Waals surface area contributed by atoms with Crippen molar-refractivity contribution >= 4 is 23.7 Å². The molecule has 0 spiro atoms. The maximum absolute atomic E-state index is 12.7. The van der Waals surface area contributed by atoms with E-state index < -0.39 is 39.0 Å². The van der Waals surface area contributed by atoms with E-state index in [1.807, 2.05) is 14.8 Å². The highest BCUT2D eigenvalue weighted by Crippen LogP contribution is 2.64. The van der Waals surface area contributed by atoms with Gasteiger partial charge in [0.1, 0.15) is 39.3 Å². The van der Waals surface area contributed by atoms with Crippen molar-refractivity contribution in [3.05, 3.63) is 11.9 Å². The Bertz CT molecular complexity index is 749. The van der Waals surface area contributed by atoms with Gasteiger partial charge in [-0.1, -0.05) is 0 Å². The molecule has 2 heterocycles. The average Bonchev–Trinajstić information content (AvgIpc) is 2.87. The molecule has 0 amide bonds. The predicted molar refractivity (Wildman–Crippen MR) is 126 cm³/mol. The van der Waals surface area contributed by atoms with Crippen LogP contribution in [0.3, 0.4) is 0 Å². The van der Waals surface area contributed by atoms with Crippen molar-refractivity contribution in [2.75, 3.05) is 20.8 Å².